The second-order valence-electron chi connectivity index (χ2n) is 14.4. The minimum atomic E-state index is 1.12. The van der Waals surface area contributed by atoms with Crippen LogP contribution in [0.3, 0.4) is 0 Å². The van der Waals surface area contributed by atoms with Crippen molar-refractivity contribution in [2.24, 2.45) is 0 Å². The molecule has 55 heavy (non-hydrogen) atoms. The van der Waals surface area contributed by atoms with Crippen molar-refractivity contribution in [1.82, 2.24) is 4.57 Å². The molecule has 0 amide bonds. The summed E-state index contributed by atoms with van der Waals surface area (Å²) >= 11 is 1.91. The molecular formula is C52H32N2S. The van der Waals surface area contributed by atoms with Gasteiger partial charge in [-0.05, 0) is 69.4 Å². The normalized spacial score (nSPS) is 12.0. The van der Waals surface area contributed by atoms with Gasteiger partial charge in [0.15, 0.2) is 0 Å². The van der Waals surface area contributed by atoms with Gasteiger partial charge in [-0.2, -0.15) is 0 Å². The number of anilines is 3. The molecule has 0 radical (unpaired) electrons. The fraction of sp³-hybridized carbons (Fsp3) is 0. The Morgan fingerprint density at radius 2 is 0.891 bits per heavy atom. The molecule has 2 aromatic heterocycles. The summed E-state index contributed by atoms with van der Waals surface area (Å²) < 4.78 is 5.19. The van der Waals surface area contributed by atoms with Crippen LogP contribution in [0.2, 0.25) is 0 Å². The third kappa shape index (κ3) is 4.42. The van der Waals surface area contributed by atoms with Crippen molar-refractivity contribution in [2.75, 3.05) is 4.90 Å². The maximum atomic E-state index is 2.56. The van der Waals surface area contributed by atoms with Gasteiger partial charge >= 0.3 is 0 Å². The summed E-state index contributed by atoms with van der Waals surface area (Å²) in [6.45, 7) is 0. The summed E-state index contributed by atoms with van der Waals surface area (Å²) in [4.78, 5) is 2.48. The molecule has 0 bridgehead atoms. The van der Waals surface area contributed by atoms with Gasteiger partial charge in [0.25, 0.3) is 0 Å². The zero-order valence-corrected chi connectivity index (χ0v) is 30.6. The van der Waals surface area contributed by atoms with Gasteiger partial charge in [-0.25, -0.2) is 0 Å². The van der Waals surface area contributed by atoms with Gasteiger partial charge in [0.05, 0.1) is 32.8 Å². The van der Waals surface area contributed by atoms with E-state index < -0.39 is 0 Å². The second-order valence-corrected chi connectivity index (χ2v) is 15.5. The molecule has 10 aromatic carbocycles. The third-order valence-corrected chi connectivity index (χ3v) is 12.7. The molecule has 0 N–H and O–H groups in total. The van der Waals surface area contributed by atoms with Crippen molar-refractivity contribution in [3.8, 4) is 5.69 Å². The fourth-order valence-corrected chi connectivity index (χ4v) is 10.4. The molecule has 2 nitrogen and oxygen atoms in total. The predicted molar refractivity (Wildman–Crippen MR) is 238 cm³/mol. The zero-order chi connectivity index (χ0) is 36.0. The Balaban J connectivity index is 1.27. The first kappa shape index (κ1) is 30.5. The average molecular weight is 717 g/mol. The van der Waals surface area contributed by atoms with E-state index in [9.17, 15) is 0 Å². The number of hydrogen-bond acceptors (Lipinski definition) is 2. The number of thiophene rings is 1. The fourth-order valence-electron chi connectivity index (χ4n) is 9.17. The van der Waals surface area contributed by atoms with Gasteiger partial charge in [0, 0.05) is 48.1 Å². The number of aromatic nitrogens is 1. The monoisotopic (exact) mass is 716 g/mol. The van der Waals surface area contributed by atoms with Gasteiger partial charge in [-0.1, -0.05) is 152 Å². The molecule has 2 heterocycles. The molecule has 256 valence electrons. The van der Waals surface area contributed by atoms with Crippen LogP contribution in [0.5, 0.6) is 0 Å². The molecule has 12 rings (SSSR count). The Hall–Kier alpha value is -6.94. The van der Waals surface area contributed by atoms with Crippen LogP contribution in [0.1, 0.15) is 0 Å². The van der Waals surface area contributed by atoms with Crippen molar-refractivity contribution in [1.29, 1.82) is 0 Å². The summed E-state index contributed by atoms with van der Waals surface area (Å²) in [5.41, 5.74) is 7.09. The first-order chi connectivity index (χ1) is 27.3. The molecule has 12 aromatic rings. The number of rotatable bonds is 4. The van der Waals surface area contributed by atoms with Gasteiger partial charge in [0.1, 0.15) is 0 Å². The lowest BCUT2D eigenvalue weighted by Crippen LogP contribution is -2.11. The summed E-state index contributed by atoms with van der Waals surface area (Å²) in [6, 6.07) is 71.4. The first-order valence-electron chi connectivity index (χ1n) is 18.9. The van der Waals surface area contributed by atoms with E-state index in [0.717, 1.165) is 17.1 Å². The van der Waals surface area contributed by atoms with E-state index in [4.69, 9.17) is 0 Å². The SMILES string of the molecule is c1ccc2c(N(c3ccc4c(c3)c3c5ccccc5c5c6ccccc6sc5c3n4-c3cccc4ccccc34)c3cccc4ccccc34)cccc2c1. The summed E-state index contributed by atoms with van der Waals surface area (Å²) in [7, 11) is 0. The topological polar surface area (TPSA) is 8.17 Å². The van der Waals surface area contributed by atoms with Crippen molar-refractivity contribution in [3.05, 3.63) is 194 Å². The molecule has 0 aliphatic carbocycles. The largest absolute Gasteiger partial charge is 0.309 e. The number of fused-ring (bicyclic) bond motifs is 13. The molecule has 0 saturated carbocycles. The smallest absolute Gasteiger partial charge is 0.0726 e. The zero-order valence-electron chi connectivity index (χ0n) is 29.8. The third-order valence-electron chi connectivity index (χ3n) is 11.5. The molecule has 0 spiro atoms. The van der Waals surface area contributed by atoms with Gasteiger partial charge < -0.3 is 9.47 Å². The first-order valence-corrected chi connectivity index (χ1v) is 19.7. The number of nitrogens with zero attached hydrogens (tertiary/aromatic N) is 2. The number of hydrogen-bond donors (Lipinski definition) is 0. The number of benzene rings is 10. The minimum absolute atomic E-state index is 1.12. The van der Waals surface area contributed by atoms with Crippen molar-refractivity contribution in [3.63, 3.8) is 0 Å². The van der Waals surface area contributed by atoms with Crippen LogP contribution in [0, 0.1) is 0 Å². The van der Waals surface area contributed by atoms with E-state index in [1.54, 1.807) is 0 Å². The lowest BCUT2D eigenvalue weighted by atomic mass is 9.98. The Morgan fingerprint density at radius 1 is 0.382 bits per heavy atom. The highest BCUT2D eigenvalue weighted by Crippen LogP contribution is 2.50. The van der Waals surface area contributed by atoms with Crippen LogP contribution < -0.4 is 4.90 Å². The molecule has 0 aliphatic heterocycles. The van der Waals surface area contributed by atoms with E-state index in [1.807, 2.05) is 11.3 Å². The Morgan fingerprint density at radius 3 is 1.56 bits per heavy atom. The van der Waals surface area contributed by atoms with E-state index in [0.29, 0.717) is 0 Å². The van der Waals surface area contributed by atoms with Gasteiger partial charge in [-0.3, -0.25) is 0 Å². The van der Waals surface area contributed by atoms with Crippen LogP contribution in [-0.4, -0.2) is 4.57 Å². The minimum Gasteiger partial charge on any atom is -0.309 e. The van der Waals surface area contributed by atoms with Crippen LogP contribution in [0.15, 0.2) is 194 Å². The van der Waals surface area contributed by atoms with E-state index in [2.05, 4.69) is 204 Å². The Kier molecular flexibility index (Phi) is 6.54. The summed E-state index contributed by atoms with van der Waals surface area (Å²) in [5.74, 6) is 0. The van der Waals surface area contributed by atoms with Crippen molar-refractivity contribution < 1.29 is 0 Å². The molecule has 3 heteroatoms. The molecule has 0 aliphatic rings. The summed E-state index contributed by atoms with van der Waals surface area (Å²) in [6.07, 6.45) is 0. The highest BCUT2D eigenvalue weighted by molar-refractivity contribution is 7.27. The van der Waals surface area contributed by atoms with Crippen LogP contribution in [-0.2, 0) is 0 Å². The van der Waals surface area contributed by atoms with Crippen LogP contribution in [0.4, 0.5) is 17.1 Å². The van der Waals surface area contributed by atoms with Crippen molar-refractivity contribution >= 4 is 113 Å². The standard InChI is InChI=1S/C52H32N2S/c1-4-20-37-33(14-1)17-11-26-44(37)53(45-27-12-18-34-15-2-5-21-38(34)45)36-30-31-47-43(32-36)49-40-23-7-8-24-41(40)50-42-25-9-10-29-48(42)55-52(50)51(49)54(47)46-28-13-19-35-16-3-6-22-39(35)46/h1-32H. The maximum Gasteiger partial charge on any atom is 0.0726 e. The molecule has 0 fully saturated rings. The molecule has 0 saturated heterocycles. The van der Waals surface area contributed by atoms with Crippen LogP contribution in [0.25, 0.3) is 90.8 Å². The van der Waals surface area contributed by atoms with E-state index in [1.165, 1.54) is 90.8 Å². The van der Waals surface area contributed by atoms with E-state index >= 15 is 0 Å². The van der Waals surface area contributed by atoms with Gasteiger partial charge in [0.2, 0.25) is 0 Å². The van der Waals surface area contributed by atoms with Crippen molar-refractivity contribution in [2.45, 2.75) is 0 Å². The maximum absolute atomic E-state index is 2.56. The van der Waals surface area contributed by atoms with Gasteiger partial charge in [-0.15, -0.1) is 11.3 Å². The van der Waals surface area contributed by atoms with Crippen LogP contribution >= 0.6 is 11.3 Å². The lowest BCUT2D eigenvalue weighted by Gasteiger charge is -2.28. The Labute approximate surface area is 321 Å². The highest BCUT2D eigenvalue weighted by Gasteiger charge is 2.25. The molecular weight excluding hydrogens is 685 g/mol. The summed E-state index contributed by atoms with van der Waals surface area (Å²) in [5, 5.41) is 15.1. The van der Waals surface area contributed by atoms with E-state index in [-0.39, 0.29) is 0 Å². The Bertz CT molecular complexity index is 3420. The lowest BCUT2D eigenvalue weighted by molar-refractivity contribution is 1.20. The second kappa shape index (κ2) is 11.8. The average Bonchev–Trinajstić information content (AvgIpc) is 3.80. The quantitative estimate of drug-likeness (QED) is 0.176. The predicted octanol–water partition coefficient (Wildman–Crippen LogP) is 15.2. The molecule has 0 unspecified atom stereocenters. The molecule has 0 atom stereocenters. The highest BCUT2D eigenvalue weighted by atomic mass is 32.1.